The van der Waals surface area contributed by atoms with E-state index >= 15 is 0 Å². The molecular weight excluding hydrogens is 371 g/mol. The zero-order valence-electron chi connectivity index (χ0n) is 15.6. The summed E-state index contributed by atoms with van der Waals surface area (Å²) in [5.41, 5.74) is 0.977. The van der Waals surface area contributed by atoms with Crippen LogP contribution in [0.5, 0.6) is 0 Å². The number of carbonyl (C=O) groups is 2. The second kappa shape index (κ2) is 10.2. The number of hydrogen-bond acceptors (Lipinski definition) is 2. The predicted molar refractivity (Wildman–Crippen MR) is 107 cm³/mol. The average Bonchev–Trinajstić information content (AvgIpc) is 2.64. The molecule has 1 aromatic rings. The quantitative estimate of drug-likeness (QED) is 0.742. The predicted octanol–water partition coefficient (Wildman–Crippen LogP) is 4.33. The standard InChI is InChI=1S/C20H28Cl2N2O2/c1-3-24(4-2)20(26)16-7-5-15(6-8-16)19(25)23-12-11-14-9-10-17(21)13-18(14)22/h9-10,13,15-16H,3-8,11-12H2,1-2H3,(H,23,25). The average molecular weight is 399 g/mol. The van der Waals surface area contributed by atoms with Crippen molar-refractivity contribution < 1.29 is 9.59 Å². The molecule has 1 aliphatic carbocycles. The minimum atomic E-state index is 0.0106. The van der Waals surface area contributed by atoms with E-state index in [2.05, 4.69) is 5.32 Å². The fraction of sp³-hybridized carbons (Fsp3) is 0.600. The van der Waals surface area contributed by atoms with Crippen molar-refractivity contribution in [3.05, 3.63) is 33.8 Å². The van der Waals surface area contributed by atoms with E-state index in [1.165, 1.54) is 0 Å². The van der Waals surface area contributed by atoms with Gasteiger partial charge in [-0.25, -0.2) is 0 Å². The van der Waals surface area contributed by atoms with Crippen LogP contribution in [0.15, 0.2) is 18.2 Å². The monoisotopic (exact) mass is 398 g/mol. The van der Waals surface area contributed by atoms with Gasteiger partial charge in [-0.2, -0.15) is 0 Å². The van der Waals surface area contributed by atoms with Gasteiger partial charge in [0.25, 0.3) is 0 Å². The molecule has 2 rings (SSSR count). The number of nitrogens with one attached hydrogen (secondary N) is 1. The molecule has 6 heteroatoms. The van der Waals surface area contributed by atoms with Crippen molar-refractivity contribution in [3.8, 4) is 0 Å². The van der Waals surface area contributed by atoms with Crippen LogP contribution in [0.1, 0.15) is 45.1 Å². The van der Waals surface area contributed by atoms with Gasteiger partial charge in [0.2, 0.25) is 11.8 Å². The maximum absolute atomic E-state index is 12.4. The van der Waals surface area contributed by atoms with E-state index in [1.54, 1.807) is 12.1 Å². The summed E-state index contributed by atoms with van der Waals surface area (Å²) in [5, 5.41) is 4.24. The summed E-state index contributed by atoms with van der Waals surface area (Å²) >= 11 is 12.0. The summed E-state index contributed by atoms with van der Waals surface area (Å²) in [4.78, 5) is 26.7. The van der Waals surface area contributed by atoms with E-state index < -0.39 is 0 Å². The highest BCUT2D eigenvalue weighted by Gasteiger charge is 2.31. The minimum absolute atomic E-state index is 0.0106. The van der Waals surface area contributed by atoms with Crippen molar-refractivity contribution in [2.24, 2.45) is 11.8 Å². The second-order valence-corrected chi connectivity index (χ2v) is 7.68. The molecule has 0 aliphatic heterocycles. The lowest BCUT2D eigenvalue weighted by atomic mass is 9.81. The van der Waals surface area contributed by atoms with Crippen molar-refractivity contribution in [2.45, 2.75) is 46.0 Å². The lowest BCUT2D eigenvalue weighted by Gasteiger charge is -2.30. The summed E-state index contributed by atoms with van der Waals surface area (Å²) in [6.07, 6.45) is 3.85. The molecule has 1 fully saturated rings. The number of amides is 2. The van der Waals surface area contributed by atoms with Crippen molar-refractivity contribution in [1.82, 2.24) is 10.2 Å². The second-order valence-electron chi connectivity index (χ2n) is 6.84. The molecule has 0 radical (unpaired) electrons. The van der Waals surface area contributed by atoms with Gasteiger partial charge in [-0.1, -0.05) is 29.3 Å². The molecule has 4 nitrogen and oxygen atoms in total. The lowest BCUT2D eigenvalue weighted by Crippen LogP contribution is -2.40. The van der Waals surface area contributed by atoms with Gasteiger partial charge in [-0.15, -0.1) is 0 Å². The summed E-state index contributed by atoms with van der Waals surface area (Å²) in [6.45, 7) is 6.07. The van der Waals surface area contributed by atoms with Crippen LogP contribution >= 0.6 is 23.2 Å². The zero-order chi connectivity index (χ0) is 19.1. The SMILES string of the molecule is CCN(CC)C(=O)C1CCC(C(=O)NCCc2ccc(Cl)cc2Cl)CC1. The van der Waals surface area contributed by atoms with Crippen LogP contribution in [0.2, 0.25) is 10.0 Å². The first-order valence-corrected chi connectivity index (χ1v) is 10.2. The molecule has 0 unspecified atom stereocenters. The van der Waals surface area contributed by atoms with Gasteiger partial charge in [0, 0.05) is 41.5 Å². The first-order valence-electron chi connectivity index (χ1n) is 9.46. The lowest BCUT2D eigenvalue weighted by molar-refractivity contribution is -0.138. The third kappa shape index (κ3) is 5.62. The zero-order valence-corrected chi connectivity index (χ0v) is 17.1. The largest absolute Gasteiger partial charge is 0.356 e. The third-order valence-electron chi connectivity index (χ3n) is 5.23. The van der Waals surface area contributed by atoms with Gasteiger partial charge in [-0.3, -0.25) is 9.59 Å². The van der Waals surface area contributed by atoms with Gasteiger partial charge < -0.3 is 10.2 Å². The summed E-state index contributed by atoms with van der Waals surface area (Å²) < 4.78 is 0. The molecule has 2 amide bonds. The molecule has 1 saturated carbocycles. The molecule has 26 heavy (non-hydrogen) atoms. The normalized spacial score (nSPS) is 19.8. The Morgan fingerprint density at radius 3 is 2.27 bits per heavy atom. The Labute approximate surface area is 166 Å². The van der Waals surface area contributed by atoms with E-state index in [-0.39, 0.29) is 23.7 Å². The number of hydrogen-bond donors (Lipinski definition) is 1. The molecule has 0 bridgehead atoms. The van der Waals surface area contributed by atoms with Crippen molar-refractivity contribution in [1.29, 1.82) is 0 Å². The van der Waals surface area contributed by atoms with Crippen molar-refractivity contribution in [3.63, 3.8) is 0 Å². The van der Waals surface area contributed by atoms with Crippen LogP contribution in [0, 0.1) is 11.8 Å². The first kappa shape index (κ1) is 21.0. The van der Waals surface area contributed by atoms with Gasteiger partial charge in [0.15, 0.2) is 0 Å². The van der Waals surface area contributed by atoms with Gasteiger partial charge in [-0.05, 0) is 63.6 Å². The Morgan fingerprint density at radius 1 is 1.08 bits per heavy atom. The van der Waals surface area contributed by atoms with E-state index in [4.69, 9.17) is 23.2 Å². The fourth-order valence-corrected chi connectivity index (χ4v) is 4.09. The van der Waals surface area contributed by atoms with Crippen LogP contribution in [0.4, 0.5) is 0 Å². The number of carbonyl (C=O) groups excluding carboxylic acids is 2. The van der Waals surface area contributed by atoms with E-state index in [9.17, 15) is 9.59 Å². The van der Waals surface area contributed by atoms with Crippen LogP contribution in [0.3, 0.4) is 0 Å². The maximum Gasteiger partial charge on any atom is 0.225 e. The van der Waals surface area contributed by atoms with Gasteiger partial charge in [0.1, 0.15) is 0 Å². The molecule has 0 heterocycles. The number of nitrogens with zero attached hydrogens (tertiary/aromatic N) is 1. The molecule has 0 aromatic heterocycles. The molecular formula is C20H28Cl2N2O2. The highest BCUT2D eigenvalue weighted by atomic mass is 35.5. The Morgan fingerprint density at radius 2 is 1.69 bits per heavy atom. The summed E-state index contributed by atoms with van der Waals surface area (Å²) in [5.74, 6) is 0.415. The highest BCUT2D eigenvalue weighted by Crippen LogP contribution is 2.30. The van der Waals surface area contributed by atoms with Crippen LogP contribution < -0.4 is 5.32 Å². The Kier molecular flexibility index (Phi) is 8.23. The molecule has 144 valence electrons. The Balaban J connectivity index is 1.75. The number of halogens is 2. The Bertz CT molecular complexity index is 624. The van der Waals surface area contributed by atoms with Crippen LogP contribution in [-0.4, -0.2) is 36.3 Å². The fourth-order valence-electron chi connectivity index (χ4n) is 3.59. The topological polar surface area (TPSA) is 49.4 Å². The molecule has 0 atom stereocenters. The van der Waals surface area contributed by atoms with Crippen molar-refractivity contribution in [2.75, 3.05) is 19.6 Å². The number of rotatable bonds is 7. The molecule has 0 saturated heterocycles. The molecule has 1 aliphatic rings. The van der Waals surface area contributed by atoms with Crippen LogP contribution in [0.25, 0.3) is 0 Å². The van der Waals surface area contributed by atoms with E-state index in [0.717, 1.165) is 44.3 Å². The third-order valence-corrected chi connectivity index (χ3v) is 5.82. The molecule has 1 aromatic carbocycles. The highest BCUT2D eigenvalue weighted by molar-refractivity contribution is 6.35. The molecule has 1 N–H and O–H groups in total. The van der Waals surface area contributed by atoms with Crippen LogP contribution in [-0.2, 0) is 16.0 Å². The van der Waals surface area contributed by atoms with E-state index in [0.29, 0.717) is 23.0 Å². The van der Waals surface area contributed by atoms with Gasteiger partial charge in [0.05, 0.1) is 0 Å². The Hall–Kier alpha value is -1.26. The minimum Gasteiger partial charge on any atom is -0.356 e. The summed E-state index contributed by atoms with van der Waals surface area (Å²) in [6, 6.07) is 5.41. The van der Waals surface area contributed by atoms with Crippen molar-refractivity contribution >= 4 is 35.0 Å². The molecule has 0 spiro atoms. The smallest absolute Gasteiger partial charge is 0.225 e. The van der Waals surface area contributed by atoms with E-state index in [1.807, 2.05) is 24.8 Å². The summed E-state index contributed by atoms with van der Waals surface area (Å²) in [7, 11) is 0. The first-order chi connectivity index (χ1) is 12.5. The number of benzene rings is 1. The van der Waals surface area contributed by atoms with Gasteiger partial charge >= 0.3 is 0 Å². The maximum atomic E-state index is 12.4.